The van der Waals surface area contributed by atoms with Gasteiger partial charge in [0.1, 0.15) is 17.5 Å². The van der Waals surface area contributed by atoms with Crippen LogP contribution in [0.1, 0.15) is 17.0 Å². The van der Waals surface area contributed by atoms with E-state index in [9.17, 15) is 13.2 Å². The van der Waals surface area contributed by atoms with Crippen molar-refractivity contribution >= 4 is 11.6 Å². The first kappa shape index (κ1) is 14.9. The molecule has 0 bridgehead atoms. The molecular weight excluding hydrogens is 287 g/mol. The van der Waals surface area contributed by atoms with Gasteiger partial charge in [0.05, 0.1) is 0 Å². The molecule has 0 fully saturated rings. The topological polar surface area (TPSA) is 26.0 Å². The number of benzene rings is 2. The Hall–Kier alpha value is -1.52. The predicted octanol–water partition coefficient (Wildman–Crippen LogP) is 4.04. The average Bonchev–Trinajstić information content (AvgIpc) is 2.42. The lowest BCUT2D eigenvalue weighted by molar-refractivity contribution is 0.547. The van der Waals surface area contributed by atoms with E-state index in [1.54, 1.807) is 6.07 Å². The normalized spacial score (nSPS) is 12.4. The summed E-state index contributed by atoms with van der Waals surface area (Å²) in [6.07, 6.45) is 0.113. The number of nitrogens with two attached hydrogens (primary N) is 1. The molecule has 0 heterocycles. The number of rotatable bonds is 4. The van der Waals surface area contributed by atoms with Crippen LogP contribution in [-0.4, -0.2) is 6.54 Å². The van der Waals surface area contributed by atoms with E-state index >= 15 is 0 Å². The molecule has 1 unspecified atom stereocenters. The fourth-order valence-electron chi connectivity index (χ4n) is 2.12. The van der Waals surface area contributed by atoms with Crippen molar-refractivity contribution in [1.29, 1.82) is 0 Å². The van der Waals surface area contributed by atoms with Crippen LogP contribution < -0.4 is 5.73 Å². The second-order valence-corrected chi connectivity index (χ2v) is 4.91. The Bertz CT molecular complexity index is 596. The molecule has 0 radical (unpaired) electrons. The summed E-state index contributed by atoms with van der Waals surface area (Å²) in [6, 6.07) is 7.47. The number of hydrogen-bond donors (Lipinski definition) is 1. The minimum absolute atomic E-state index is 0.0606. The lowest BCUT2D eigenvalue weighted by Gasteiger charge is -2.17. The Kier molecular flexibility index (Phi) is 4.68. The molecular formula is C15H13ClF3N. The Morgan fingerprint density at radius 3 is 2.45 bits per heavy atom. The van der Waals surface area contributed by atoms with Crippen LogP contribution >= 0.6 is 11.6 Å². The van der Waals surface area contributed by atoms with Crippen LogP contribution in [0.5, 0.6) is 0 Å². The Morgan fingerprint density at radius 2 is 1.80 bits per heavy atom. The van der Waals surface area contributed by atoms with Gasteiger partial charge in [0, 0.05) is 16.5 Å². The van der Waals surface area contributed by atoms with Crippen molar-refractivity contribution in [3.8, 4) is 0 Å². The first-order chi connectivity index (χ1) is 9.52. The molecule has 20 heavy (non-hydrogen) atoms. The van der Waals surface area contributed by atoms with Gasteiger partial charge in [0.15, 0.2) is 0 Å². The van der Waals surface area contributed by atoms with Crippen LogP contribution in [0, 0.1) is 17.5 Å². The average molecular weight is 300 g/mol. The SMILES string of the molecule is NCC(Cc1c(F)cccc1Cl)c1cc(F)ccc1F. The van der Waals surface area contributed by atoms with Gasteiger partial charge in [-0.15, -0.1) is 0 Å². The van der Waals surface area contributed by atoms with Crippen molar-refractivity contribution in [3.05, 3.63) is 70.0 Å². The monoisotopic (exact) mass is 299 g/mol. The molecule has 1 nitrogen and oxygen atoms in total. The van der Waals surface area contributed by atoms with Crippen LogP contribution in [0.3, 0.4) is 0 Å². The zero-order valence-corrected chi connectivity index (χ0v) is 11.3. The maximum Gasteiger partial charge on any atom is 0.127 e. The van der Waals surface area contributed by atoms with E-state index in [-0.39, 0.29) is 29.1 Å². The highest BCUT2D eigenvalue weighted by atomic mass is 35.5. The van der Waals surface area contributed by atoms with Crippen LogP contribution in [0.2, 0.25) is 5.02 Å². The molecule has 2 aromatic carbocycles. The lowest BCUT2D eigenvalue weighted by Crippen LogP contribution is -2.17. The van der Waals surface area contributed by atoms with Crippen molar-refractivity contribution in [2.45, 2.75) is 12.3 Å². The van der Waals surface area contributed by atoms with Gasteiger partial charge in [-0.25, -0.2) is 13.2 Å². The summed E-state index contributed by atoms with van der Waals surface area (Å²) in [5.74, 6) is -2.14. The summed E-state index contributed by atoms with van der Waals surface area (Å²) < 4.78 is 40.7. The van der Waals surface area contributed by atoms with Gasteiger partial charge >= 0.3 is 0 Å². The van der Waals surface area contributed by atoms with Gasteiger partial charge in [-0.1, -0.05) is 17.7 Å². The van der Waals surface area contributed by atoms with Gasteiger partial charge in [0.2, 0.25) is 0 Å². The highest BCUT2D eigenvalue weighted by Gasteiger charge is 2.19. The standard InChI is InChI=1S/C15H13ClF3N/c16-13-2-1-3-14(18)12(13)6-9(8-20)11-7-10(17)4-5-15(11)19/h1-5,7,9H,6,8,20H2. The van der Waals surface area contributed by atoms with Crippen LogP contribution in [0.15, 0.2) is 36.4 Å². The quantitative estimate of drug-likeness (QED) is 0.906. The van der Waals surface area contributed by atoms with E-state index in [0.29, 0.717) is 0 Å². The maximum absolute atomic E-state index is 13.8. The van der Waals surface area contributed by atoms with Crippen molar-refractivity contribution in [2.24, 2.45) is 5.73 Å². The molecule has 2 N–H and O–H groups in total. The molecule has 0 aliphatic carbocycles. The van der Waals surface area contributed by atoms with Gasteiger partial charge in [-0.05, 0) is 48.9 Å². The van der Waals surface area contributed by atoms with Gasteiger partial charge in [0.25, 0.3) is 0 Å². The summed E-state index contributed by atoms with van der Waals surface area (Å²) >= 11 is 5.94. The molecule has 106 valence electrons. The van der Waals surface area contributed by atoms with Crippen molar-refractivity contribution in [1.82, 2.24) is 0 Å². The molecule has 2 rings (SSSR count). The summed E-state index contributed by atoms with van der Waals surface area (Å²) in [5, 5.41) is 0.250. The van der Waals surface area contributed by atoms with E-state index in [1.807, 2.05) is 0 Å². The van der Waals surface area contributed by atoms with Gasteiger partial charge < -0.3 is 5.73 Å². The fourth-order valence-corrected chi connectivity index (χ4v) is 2.36. The largest absolute Gasteiger partial charge is 0.330 e. The maximum atomic E-state index is 13.8. The fraction of sp³-hybridized carbons (Fsp3) is 0.200. The minimum atomic E-state index is -0.561. The molecule has 0 spiro atoms. The zero-order valence-electron chi connectivity index (χ0n) is 10.5. The summed E-state index contributed by atoms with van der Waals surface area (Å²) in [7, 11) is 0. The molecule has 0 aliphatic rings. The third-order valence-corrected chi connectivity index (χ3v) is 3.55. The van der Waals surface area contributed by atoms with Gasteiger partial charge in [-0.3, -0.25) is 0 Å². The second-order valence-electron chi connectivity index (χ2n) is 4.50. The predicted molar refractivity (Wildman–Crippen MR) is 73.3 cm³/mol. The third kappa shape index (κ3) is 3.14. The first-order valence-corrected chi connectivity index (χ1v) is 6.48. The van der Waals surface area contributed by atoms with Crippen molar-refractivity contribution < 1.29 is 13.2 Å². The van der Waals surface area contributed by atoms with E-state index in [2.05, 4.69) is 0 Å². The first-order valence-electron chi connectivity index (χ1n) is 6.10. The van der Waals surface area contributed by atoms with Gasteiger partial charge in [-0.2, -0.15) is 0 Å². The Morgan fingerprint density at radius 1 is 1.05 bits per heavy atom. The smallest absolute Gasteiger partial charge is 0.127 e. The summed E-state index contributed by atoms with van der Waals surface area (Å²) in [4.78, 5) is 0. The highest BCUT2D eigenvalue weighted by Crippen LogP contribution is 2.28. The third-order valence-electron chi connectivity index (χ3n) is 3.19. The van der Waals surface area contributed by atoms with Crippen LogP contribution in [0.4, 0.5) is 13.2 Å². The molecule has 0 amide bonds. The lowest BCUT2D eigenvalue weighted by atomic mass is 9.91. The van der Waals surface area contributed by atoms with Crippen molar-refractivity contribution in [3.63, 3.8) is 0 Å². The highest BCUT2D eigenvalue weighted by molar-refractivity contribution is 6.31. The van der Waals surface area contributed by atoms with E-state index in [4.69, 9.17) is 17.3 Å². The molecule has 0 aliphatic heterocycles. The molecule has 2 aromatic rings. The van der Waals surface area contributed by atoms with E-state index < -0.39 is 23.4 Å². The zero-order chi connectivity index (χ0) is 14.7. The molecule has 0 saturated heterocycles. The molecule has 1 atom stereocenters. The molecule has 0 saturated carbocycles. The van der Waals surface area contributed by atoms with Crippen LogP contribution in [0.25, 0.3) is 0 Å². The number of halogens is 4. The Labute approximate surface area is 120 Å². The second kappa shape index (κ2) is 6.29. The van der Waals surface area contributed by atoms with Crippen LogP contribution in [-0.2, 0) is 6.42 Å². The van der Waals surface area contributed by atoms with E-state index in [1.165, 1.54) is 12.1 Å². The van der Waals surface area contributed by atoms with Crippen molar-refractivity contribution in [2.75, 3.05) is 6.54 Å². The Balaban J connectivity index is 2.36. The number of hydrogen-bond acceptors (Lipinski definition) is 1. The summed E-state index contributed by atoms with van der Waals surface area (Å²) in [5.41, 5.74) is 6.01. The van der Waals surface area contributed by atoms with E-state index in [0.717, 1.165) is 18.2 Å². The molecule has 0 aromatic heterocycles. The summed E-state index contributed by atoms with van der Waals surface area (Å²) in [6.45, 7) is 0.0606. The molecule has 5 heteroatoms. The minimum Gasteiger partial charge on any atom is -0.330 e.